The Bertz CT molecular complexity index is 882. The highest BCUT2D eigenvalue weighted by Gasteiger charge is 2.41. The highest BCUT2D eigenvalue weighted by Crippen LogP contribution is 2.25. The molecule has 3 aromatic rings. The van der Waals surface area contributed by atoms with Crippen molar-refractivity contribution in [3.05, 3.63) is 54.6 Å². The van der Waals surface area contributed by atoms with E-state index in [1.54, 1.807) is 60.9 Å². The van der Waals surface area contributed by atoms with Crippen LogP contribution in [0.15, 0.2) is 54.6 Å². The Morgan fingerprint density at radius 3 is 0.750 bits per heavy atom. The van der Waals surface area contributed by atoms with Crippen LogP contribution in [-0.2, 0) is 0 Å². The molecular formula is C24H28O7Si. The molecule has 170 valence electrons. The zero-order chi connectivity index (χ0) is 23.3. The van der Waals surface area contributed by atoms with Crippen LogP contribution in [-0.4, -0.2) is 55.8 Å². The van der Waals surface area contributed by atoms with Crippen molar-refractivity contribution in [2.24, 2.45) is 0 Å². The van der Waals surface area contributed by atoms with Crippen molar-refractivity contribution in [1.29, 1.82) is 0 Å². The molecule has 0 aliphatic rings. The first kappa shape index (κ1) is 23.3. The molecule has 0 spiro atoms. The van der Waals surface area contributed by atoms with Gasteiger partial charge in [0.25, 0.3) is 8.32 Å². The number of methoxy groups -OCH3 is 6. The van der Waals surface area contributed by atoms with Gasteiger partial charge in [0.05, 0.1) is 42.7 Å². The second kappa shape index (κ2) is 9.84. The summed E-state index contributed by atoms with van der Waals surface area (Å²) in [5.41, 5.74) is 0. The van der Waals surface area contributed by atoms with E-state index in [9.17, 15) is 4.80 Å². The molecule has 0 aliphatic carbocycles. The molecule has 8 heteroatoms. The molecule has 0 fully saturated rings. The number of hydrogen-bond acceptors (Lipinski definition) is 7. The molecule has 0 saturated carbocycles. The highest BCUT2D eigenvalue weighted by molar-refractivity contribution is 7.06. The van der Waals surface area contributed by atoms with Crippen molar-refractivity contribution >= 4 is 23.9 Å². The third-order valence-corrected chi connectivity index (χ3v) is 8.68. The van der Waals surface area contributed by atoms with Gasteiger partial charge in [0.2, 0.25) is 0 Å². The summed E-state index contributed by atoms with van der Waals surface area (Å²) in [5, 5.41) is 1.96. The first-order valence-electron chi connectivity index (χ1n) is 9.84. The molecule has 1 N–H and O–H groups in total. The monoisotopic (exact) mass is 456 g/mol. The van der Waals surface area contributed by atoms with Gasteiger partial charge >= 0.3 is 0 Å². The fraction of sp³-hybridized carbons (Fsp3) is 0.250. The van der Waals surface area contributed by atoms with Crippen LogP contribution >= 0.6 is 0 Å². The van der Waals surface area contributed by atoms with E-state index in [-0.39, 0.29) is 0 Å². The van der Waals surface area contributed by atoms with Crippen molar-refractivity contribution in [3.63, 3.8) is 0 Å². The molecule has 32 heavy (non-hydrogen) atoms. The summed E-state index contributed by atoms with van der Waals surface area (Å²) in [7, 11) is 5.79. The van der Waals surface area contributed by atoms with Gasteiger partial charge in [-0.25, -0.2) is 0 Å². The van der Waals surface area contributed by atoms with Gasteiger partial charge in [-0.3, -0.25) is 0 Å². The van der Waals surface area contributed by atoms with Crippen LogP contribution in [0.25, 0.3) is 0 Å². The summed E-state index contributed by atoms with van der Waals surface area (Å²) in [6.07, 6.45) is 0. The molecule has 0 unspecified atom stereocenters. The first-order valence-corrected chi connectivity index (χ1v) is 11.8. The van der Waals surface area contributed by atoms with Crippen LogP contribution in [0.4, 0.5) is 0 Å². The summed E-state index contributed by atoms with van der Waals surface area (Å²) >= 11 is 0. The van der Waals surface area contributed by atoms with E-state index in [4.69, 9.17) is 28.4 Å². The Kier molecular flexibility index (Phi) is 7.17. The van der Waals surface area contributed by atoms with Crippen molar-refractivity contribution < 1.29 is 33.2 Å². The van der Waals surface area contributed by atoms with E-state index in [1.165, 1.54) is 0 Å². The standard InChI is InChI=1S/C24H28O7Si/c1-26-16-7-17(27-2)11-22(10-16)32(25,23-12-18(28-3)8-19(13-23)29-4)24-14-20(30-5)9-21(15-24)31-6/h7-15,25H,1-6H3. The molecule has 0 amide bonds. The lowest BCUT2D eigenvalue weighted by Gasteiger charge is -2.29. The van der Waals surface area contributed by atoms with Gasteiger partial charge in [-0.15, -0.1) is 0 Å². The minimum absolute atomic E-state index is 0.565. The molecule has 0 saturated heterocycles. The van der Waals surface area contributed by atoms with E-state index in [0.29, 0.717) is 50.1 Å². The summed E-state index contributed by atoms with van der Waals surface area (Å²) in [6.45, 7) is 0. The molecular weight excluding hydrogens is 428 g/mol. The van der Waals surface area contributed by atoms with Crippen LogP contribution in [0, 0.1) is 0 Å². The molecule has 0 aliphatic heterocycles. The topological polar surface area (TPSA) is 75.6 Å². The maximum absolute atomic E-state index is 12.6. The quantitative estimate of drug-likeness (QED) is 0.388. The van der Waals surface area contributed by atoms with Gasteiger partial charge in [0.1, 0.15) is 34.5 Å². The van der Waals surface area contributed by atoms with Crippen molar-refractivity contribution in [1.82, 2.24) is 0 Å². The zero-order valence-electron chi connectivity index (χ0n) is 19.1. The van der Waals surface area contributed by atoms with E-state index in [1.807, 2.05) is 36.4 Å². The Morgan fingerprint density at radius 1 is 0.406 bits per heavy atom. The summed E-state index contributed by atoms with van der Waals surface area (Å²) < 4.78 is 32.9. The first-order chi connectivity index (χ1) is 15.4. The van der Waals surface area contributed by atoms with E-state index in [2.05, 4.69) is 0 Å². The average molecular weight is 457 g/mol. The Labute approximate surface area is 189 Å². The van der Waals surface area contributed by atoms with E-state index < -0.39 is 8.32 Å². The highest BCUT2D eigenvalue weighted by atomic mass is 28.4. The molecule has 0 aromatic heterocycles. The van der Waals surface area contributed by atoms with Crippen LogP contribution in [0.3, 0.4) is 0 Å². The number of benzene rings is 3. The number of rotatable bonds is 9. The van der Waals surface area contributed by atoms with Crippen molar-refractivity contribution in [3.8, 4) is 34.5 Å². The second-order valence-corrected chi connectivity index (χ2v) is 10.2. The van der Waals surface area contributed by atoms with Gasteiger partial charge in [-0.1, -0.05) is 0 Å². The maximum atomic E-state index is 12.6. The summed E-state index contributed by atoms with van der Waals surface area (Å²) in [6, 6.07) is 16.2. The fourth-order valence-electron chi connectivity index (χ4n) is 3.55. The fourth-order valence-corrected chi connectivity index (χ4v) is 6.66. The van der Waals surface area contributed by atoms with Gasteiger partial charge in [-0.05, 0) is 52.0 Å². The lowest BCUT2D eigenvalue weighted by atomic mass is 10.3. The van der Waals surface area contributed by atoms with Crippen LogP contribution in [0.2, 0.25) is 0 Å². The van der Waals surface area contributed by atoms with Gasteiger partial charge in [-0.2, -0.15) is 0 Å². The predicted octanol–water partition coefficient (Wildman–Crippen LogP) is 1.70. The molecule has 0 radical (unpaired) electrons. The lowest BCUT2D eigenvalue weighted by molar-refractivity contribution is 0.394. The Balaban J connectivity index is 2.40. The third kappa shape index (κ3) is 4.46. The van der Waals surface area contributed by atoms with Crippen LogP contribution in [0.1, 0.15) is 0 Å². The van der Waals surface area contributed by atoms with Gasteiger partial charge in [0.15, 0.2) is 0 Å². The van der Waals surface area contributed by atoms with E-state index in [0.717, 1.165) is 0 Å². The van der Waals surface area contributed by atoms with Crippen molar-refractivity contribution in [2.75, 3.05) is 42.7 Å². The predicted molar refractivity (Wildman–Crippen MR) is 126 cm³/mol. The number of hydrogen-bond donors (Lipinski definition) is 1. The summed E-state index contributed by atoms with van der Waals surface area (Å²) in [5.74, 6) is 3.39. The Morgan fingerprint density at radius 2 is 0.594 bits per heavy atom. The van der Waals surface area contributed by atoms with Crippen LogP contribution in [0.5, 0.6) is 34.5 Å². The third-order valence-electron chi connectivity index (χ3n) is 5.31. The molecule has 3 rings (SSSR count). The maximum Gasteiger partial charge on any atom is 0.286 e. The molecule has 0 atom stereocenters. The molecule has 0 bridgehead atoms. The SMILES string of the molecule is COc1cc(OC)cc([Si](O)(c2cc(OC)cc(OC)c2)c2cc(OC)cc(OC)c2)c1. The minimum Gasteiger partial charge on any atom is -0.497 e. The smallest absolute Gasteiger partial charge is 0.286 e. The number of ether oxygens (including phenoxy) is 6. The summed E-state index contributed by atoms with van der Waals surface area (Å²) in [4.78, 5) is 12.6. The Hall–Kier alpha value is -3.36. The minimum atomic E-state index is -3.64. The largest absolute Gasteiger partial charge is 0.497 e. The lowest BCUT2D eigenvalue weighted by Crippen LogP contribution is -2.67. The van der Waals surface area contributed by atoms with Crippen LogP contribution < -0.4 is 44.0 Å². The second-order valence-electron chi connectivity index (χ2n) is 7.01. The normalized spacial score (nSPS) is 11.0. The zero-order valence-corrected chi connectivity index (χ0v) is 20.1. The van der Waals surface area contributed by atoms with Gasteiger partial charge in [0, 0.05) is 18.2 Å². The van der Waals surface area contributed by atoms with E-state index >= 15 is 0 Å². The van der Waals surface area contributed by atoms with Gasteiger partial charge < -0.3 is 33.2 Å². The molecule has 7 nitrogen and oxygen atoms in total. The molecule has 0 heterocycles. The van der Waals surface area contributed by atoms with Crippen molar-refractivity contribution in [2.45, 2.75) is 0 Å². The average Bonchev–Trinajstić information content (AvgIpc) is 2.86. The molecule has 3 aromatic carbocycles.